The molecule has 4 nitrogen and oxygen atoms in total. The van der Waals surface area contributed by atoms with Gasteiger partial charge in [0.15, 0.2) is 5.82 Å². The highest BCUT2D eigenvalue weighted by Gasteiger charge is 2.18. The number of aromatic nitrogens is 3. The van der Waals surface area contributed by atoms with Crippen molar-refractivity contribution in [3.05, 3.63) is 35.2 Å². The molecule has 2 N–H and O–H groups in total. The molecule has 0 aliphatic rings. The SMILES string of the molecule is Cc1cc(-c2nnc(CN)n2CC(C)C)c(F)cc1F. The lowest BCUT2D eigenvalue weighted by atomic mass is 10.1. The zero-order valence-corrected chi connectivity index (χ0v) is 11.8. The topological polar surface area (TPSA) is 56.7 Å². The van der Waals surface area contributed by atoms with E-state index >= 15 is 0 Å². The van der Waals surface area contributed by atoms with Crippen molar-refractivity contribution >= 4 is 0 Å². The molecule has 1 heterocycles. The minimum Gasteiger partial charge on any atom is -0.324 e. The summed E-state index contributed by atoms with van der Waals surface area (Å²) in [5.41, 5.74) is 6.25. The molecule has 0 saturated carbocycles. The van der Waals surface area contributed by atoms with Crippen molar-refractivity contribution < 1.29 is 8.78 Å². The van der Waals surface area contributed by atoms with Gasteiger partial charge in [-0.3, -0.25) is 0 Å². The molecule has 0 unspecified atom stereocenters. The lowest BCUT2D eigenvalue weighted by Crippen LogP contribution is -2.13. The van der Waals surface area contributed by atoms with Crippen LogP contribution in [-0.2, 0) is 13.1 Å². The van der Waals surface area contributed by atoms with Gasteiger partial charge >= 0.3 is 0 Å². The number of hydrogen-bond acceptors (Lipinski definition) is 3. The largest absolute Gasteiger partial charge is 0.324 e. The highest BCUT2D eigenvalue weighted by molar-refractivity contribution is 5.57. The van der Waals surface area contributed by atoms with E-state index < -0.39 is 11.6 Å². The first-order valence-corrected chi connectivity index (χ1v) is 6.52. The third kappa shape index (κ3) is 2.70. The molecule has 1 aromatic carbocycles. The molecule has 2 rings (SSSR count). The fraction of sp³-hybridized carbons (Fsp3) is 0.429. The number of nitrogens with two attached hydrogens (primary N) is 1. The second-order valence-electron chi connectivity index (χ2n) is 5.23. The molecule has 0 radical (unpaired) electrons. The summed E-state index contributed by atoms with van der Waals surface area (Å²) in [6, 6.07) is 2.33. The first-order valence-electron chi connectivity index (χ1n) is 6.52. The summed E-state index contributed by atoms with van der Waals surface area (Å²) in [7, 11) is 0. The van der Waals surface area contributed by atoms with Gasteiger partial charge in [0.1, 0.15) is 17.5 Å². The molecule has 108 valence electrons. The molecule has 0 bridgehead atoms. The Kier molecular flexibility index (Phi) is 4.13. The van der Waals surface area contributed by atoms with Crippen LogP contribution in [0.2, 0.25) is 0 Å². The fourth-order valence-corrected chi connectivity index (χ4v) is 2.07. The summed E-state index contributed by atoms with van der Waals surface area (Å²) in [5.74, 6) is 0.101. The number of benzene rings is 1. The van der Waals surface area contributed by atoms with Crippen LogP contribution in [0.1, 0.15) is 25.2 Å². The Morgan fingerprint density at radius 3 is 2.50 bits per heavy atom. The summed E-state index contributed by atoms with van der Waals surface area (Å²) in [4.78, 5) is 0. The molecule has 6 heteroatoms. The second-order valence-corrected chi connectivity index (χ2v) is 5.23. The zero-order valence-electron chi connectivity index (χ0n) is 11.8. The van der Waals surface area contributed by atoms with Crippen molar-refractivity contribution in [2.45, 2.75) is 33.9 Å². The summed E-state index contributed by atoms with van der Waals surface area (Å²) < 4.78 is 29.1. The Bertz CT molecular complexity index is 620. The maximum Gasteiger partial charge on any atom is 0.166 e. The normalized spacial score (nSPS) is 11.3. The highest BCUT2D eigenvalue weighted by atomic mass is 19.1. The van der Waals surface area contributed by atoms with E-state index in [1.165, 1.54) is 6.07 Å². The Balaban J connectivity index is 2.58. The zero-order chi connectivity index (χ0) is 14.9. The van der Waals surface area contributed by atoms with Crippen LogP contribution in [0.15, 0.2) is 12.1 Å². The molecule has 20 heavy (non-hydrogen) atoms. The Morgan fingerprint density at radius 1 is 1.20 bits per heavy atom. The minimum atomic E-state index is -0.644. The van der Waals surface area contributed by atoms with Gasteiger partial charge in [-0.2, -0.15) is 0 Å². The van der Waals surface area contributed by atoms with Gasteiger partial charge in [0, 0.05) is 12.6 Å². The Morgan fingerprint density at radius 2 is 1.90 bits per heavy atom. The van der Waals surface area contributed by atoms with Crippen molar-refractivity contribution in [2.24, 2.45) is 11.7 Å². The summed E-state index contributed by atoms with van der Waals surface area (Å²) in [6.45, 7) is 6.52. The van der Waals surface area contributed by atoms with Crippen LogP contribution in [0.4, 0.5) is 8.78 Å². The number of halogens is 2. The van der Waals surface area contributed by atoms with Crippen LogP contribution in [0.3, 0.4) is 0 Å². The number of hydrogen-bond donors (Lipinski definition) is 1. The Labute approximate surface area is 116 Å². The molecular weight excluding hydrogens is 262 g/mol. The van der Waals surface area contributed by atoms with E-state index in [1.807, 2.05) is 13.8 Å². The van der Waals surface area contributed by atoms with Crippen molar-refractivity contribution in [3.8, 4) is 11.4 Å². The predicted molar refractivity (Wildman–Crippen MR) is 72.8 cm³/mol. The maximum atomic E-state index is 14.0. The van der Waals surface area contributed by atoms with Gasteiger partial charge < -0.3 is 10.3 Å². The fourth-order valence-electron chi connectivity index (χ4n) is 2.07. The quantitative estimate of drug-likeness (QED) is 0.936. The van der Waals surface area contributed by atoms with Gasteiger partial charge in [-0.25, -0.2) is 8.78 Å². The van der Waals surface area contributed by atoms with E-state index in [0.717, 1.165) is 6.07 Å². The highest BCUT2D eigenvalue weighted by Crippen LogP contribution is 2.25. The maximum absolute atomic E-state index is 14.0. The van der Waals surface area contributed by atoms with E-state index in [0.29, 0.717) is 29.7 Å². The van der Waals surface area contributed by atoms with Crippen LogP contribution >= 0.6 is 0 Å². The van der Waals surface area contributed by atoms with Gasteiger partial charge in [-0.1, -0.05) is 13.8 Å². The van der Waals surface area contributed by atoms with E-state index in [2.05, 4.69) is 10.2 Å². The summed E-state index contributed by atoms with van der Waals surface area (Å²) in [5, 5.41) is 8.00. The molecule has 0 amide bonds. The van der Waals surface area contributed by atoms with E-state index in [9.17, 15) is 8.78 Å². The monoisotopic (exact) mass is 280 g/mol. The minimum absolute atomic E-state index is 0.224. The van der Waals surface area contributed by atoms with E-state index in [1.54, 1.807) is 11.5 Å². The van der Waals surface area contributed by atoms with E-state index in [4.69, 9.17) is 5.73 Å². The molecule has 0 spiro atoms. The Hall–Kier alpha value is -1.82. The third-order valence-electron chi connectivity index (χ3n) is 3.05. The molecule has 0 aliphatic carbocycles. The van der Waals surface area contributed by atoms with Crippen molar-refractivity contribution in [2.75, 3.05) is 0 Å². The molecule has 0 atom stereocenters. The van der Waals surface area contributed by atoms with Crippen LogP contribution in [0.25, 0.3) is 11.4 Å². The van der Waals surface area contributed by atoms with Crippen LogP contribution in [0.5, 0.6) is 0 Å². The molecular formula is C14H18F2N4. The standard InChI is InChI=1S/C14H18F2N4/c1-8(2)7-20-13(6-17)18-19-14(20)10-4-9(3)11(15)5-12(10)16/h4-5,8H,6-7,17H2,1-3H3. The molecule has 1 aromatic heterocycles. The first kappa shape index (κ1) is 14.6. The van der Waals surface area contributed by atoms with Crippen LogP contribution < -0.4 is 5.73 Å². The second kappa shape index (κ2) is 5.66. The van der Waals surface area contributed by atoms with Gasteiger partial charge in [-0.15, -0.1) is 10.2 Å². The number of nitrogens with zero attached hydrogens (tertiary/aromatic N) is 3. The first-order chi connectivity index (χ1) is 9.43. The molecule has 0 fully saturated rings. The lowest BCUT2D eigenvalue weighted by molar-refractivity contribution is 0.508. The van der Waals surface area contributed by atoms with Crippen molar-refractivity contribution in [3.63, 3.8) is 0 Å². The third-order valence-corrected chi connectivity index (χ3v) is 3.05. The van der Waals surface area contributed by atoms with Crippen LogP contribution in [0, 0.1) is 24.5 Å². The van der Waals surface area contributed by atoms with Gasteiger partial charge in [0.25, 0.3) is 0 Å². The van der Waals surface area contributed by atoms with Gasteiger partial charge in [0.2, 0.25) is 0 Å². The summed E-state index contributed by atoms with van der Waals surface area (Å²) >= 11 is 0. The average molecular weight is 280 g/mol. The van der Waals surface area contributed by atoms with Gasteiger partial charge in [-0.05, 0) is 24.5 Å². The predicted octanol–water partition coefficient (Wildman–Crippen LogP) is 2.65. The average Bonchev–Trinajstić information content (AvgIpc) is 2.76. The smallest absolute Gasteiger partial charge is 0.166 e. The molecule has 0 aliphatic heterocycles. The van der Waals surface area contributed by atoms with Crippen LogP contribution in [-0.4, -0.2) is 14.8 Å². The van der Waals surface area contributed by atoms with Gasteiger partial charge in [0.05, 0.1) is 12.1 Å². The number of aryl methyl sites for hydroxylation is 1. The van der Waals surface area contributed by atoms with E-state index in [-0.39, 0.29) is 12.1 Å². The summed E-state index contributed by atoms with van der Waals surface area (Å²) in [6.07, 6.45) is 0. The number of rotatable bonds is 4. The lowest BCUT2D eigenvalue weighted by Gasteiger charge is -2.13. The van der Waals surface area contributed by atoms with Crippen molar-refractivity contribution in [1.82, 2.24) is 14.8 Å². The molecule has 0 saturated heterocycles. The molecule has 2 aromatic rings. The van der Waals surface area contributed by atoms with Crippen molar-refractivity contribution in [1.29, 1.82) is 0 Å².